The normalized spacial score (nSPS) is 9.71. The maximum absolute atomic E-state index is 11.4. The van der Waals surface area contributed by atoms with E-state index in [0.29, 0.717) is 0 Å². The molecule has 0 atom stereocenters. The summed E-state index contributed by atoms with van der Waals surface area (Å²) in [6.45, 7) is 0. The Morgan fingerprint density at radius 1 is 1.36 bits per heavy atom. The number of nitrogens with one attached hydrogen (secondary N) is 1. The molecule has 0 saturated heterocycles. The van der Waals surface area contributed by atoms with Crippen molar-refractivity contribution in [1.82, 2.24) is 4.90 Å². The lowest BCUT2D eigenvalue weighted by molar-refractivity contribution is 0.230. The average molecular weight is 322 g/mol. The van der Waals surface area contributed by atoms with Crippen LogP contribution in [-0.4, -0.2) is 25.0 Å². The quantitative estimate of drug-likeness (QED) is 0.845. The first-order valence-corrected chi connectivity index (χ1v) is 5.52. The van der Waals surface area contributed by atoms with Gasteiger partial charge in [0.1, 0.15) is 0 Å². The number of anilines is 1. The zero-order valence-corrected chi connectivity index (χ0v) is 11.0. The van der Waals surface area contributed by atoms with Crippen LogP contribution in [0.15, 0.2) is 27.1 Å². The van der Waals surface area contributed by atoms with Crippen LogP contribution < -0.4 is 5.32 Å². The van der Waals surface area contributed by atoms with Crippen molar-refractivity contribution < 1.29 is 4.79 Å². The fraction of sp³-hybridized carbons (Fsp3) is 0.222. The monoisotopic (exact) mass is 320 g/mol. The minimum Gasteiger partial charge on any atom is -0.331 e. The summed E-state index contributed by atoms with van der Waals surface area (Å²) >= 11 is 6.69. The summed E-state index contributed by atoms with van der Waals surface area (Å²) in [4.78, 5) is 12.8. The fourth-order valence-corrected chi connectivity index (χ4v) is 1.53. The van der Waals surface area contributed by atoms with E-state index >= 15 is 0 Å². The van der Waals surface area contributed by atoms with E-state index in [4.69, 9.17) is 0 Å². The van der Waals surface area contributed by atoms with Crippen LogP contribution in [0, 0.1) is 0 Å². The van der Waals surface area contributed by atoms with Crippen LogP contribution in [0.3, 0.4) is 0 Å². The van der Waals surface area contributed by atoms with Gasteiger partial charge in [0.15, 0.2) is 0 Å². The number of hydrogen-bond donors (Lipinski definition) is 1. The van der Waals surface area contributed by atoms with Gasteiger partial charge in [-0.15, -0.1) is 0 Å². The van der Waals surface area contributed by atoms with Crippen molar-refractivity contribution in [3.63, 3.8) is 0 Å². The van der Waals surface area contributed by atoms with E-state index in [1.54, 1.807) is 14.1 Å². The van der Waals surface area contributed by atoms with Crippen LogP contribution in [0.5, 0.6) is 0 Å². The predicted molar refractivity (Wildman–Crippen MR) is 64.5 cm³/mol. The molecule has 76 valence electrons. The van der Waals surface area contributed by atoms with E-state index in [0.717, 1.165) is 14.6 Å². The summed E-state index contributed by atoms with van der Waals surface area (Å²) in [6.07, 6.45) is 0. The maximum atomic E-state index is 11.4. The van der Waals surface area contributed by atoms with Gasteiger partial charge in [-0.25, -0.2) is 4.79 Å². The molecule has 14 heavy (non-hydrogen) atoms. The number of amides is 2. The Balaban J connectivity index is 2.86. The first-order valence-electron chi connectivity index (χ1n) is 3.94. The molecule has 1 aromatic carbocycles. The summed E-state index contributed by atoms with van der Waals surface area (Å²) in [6, 6.07) is 5.46. The second-order valence-electron chi connectivity index (χ2n) is 2.95. The van der Waals surface area contributed by atoms with Crippen LogP contribution in [0.25, 0.3) is 0 Å². The first kappa shape index (κ1) is 11.5. The Labute approximate surface area is 99.7 Å². The molecule has 0 bridgehead atoms. The summed E-state index contributed by atoms with van der Waals surface area (Å²) in [5.74, 6) is 0. The largest absolute Gasteiger partial charge is 0.331 e. The second kappa shape index (κ2) is 4.79. The van der Waals surface area contributed by atoms with Crippen molar-refractivity contribution in [2.75, 3.05) is 19.4 Å². The zero-order chi connectivity index (χ0) is 10.7. The summed E-state index contributed by atoms with van der Waals surface area (Å²) in [5, 5.41) is 2.76. The summed E-state index contributed by atoms with van der Waals surface area (Å²) in [7, 11) is 3.39. The van der Waals surface area contributed by atoms with Gasteiger partial charge in [0.25, 0.3) is 0 Å². The van der Waals surface area contributed by atoms with E-state index in [9.17, 15) is 4.79 Å². The molecule has 0 unspecified atom stereocenters. The Bertz CT molecular complexity index is 353. The Morgan fingerprint density at radius 2 is 2.00 bits per heavy atom. The molecule has 0 saturated carbocycles. The van der Waals surface area contributed by atoms with Gasteiger partial charge < -0.3 is 10.2 Å². The third-order valence-corrected chi connectivity index (χ3v) is 2.76. The van der Waals surface area contributed by atoms with Crippen molar-refractivity contribution in [3.05, 3.63) is 27.1 Å². The van der Waals surface area contributed by atoms with E-state index in [1.807, 2.05) is 18.2 Å². The van der Waals surface area contributed by atoms with Gasteiger partial charge in [0.05, 0.1) is 5.69 Å². The molecule has 2 amide bonds. The second-order valence-corrected chi connectivity index (χ2v) is 4.72. The Kier molecular flexibility index (Phi) is 3.95. The van der Waals surface area contributed by atoms with Gasteiger partial charge in [0, 0.05) is 23.0 Å². The average Bonchev–Trinajstić information content (AvgIpc) is 2.11. The van der Waals surface area contributed by atoms with Crippen molar-refractivity contribution in [2.24, 2.45) is 0 Å². The molecule has 0 aromatic heterocycles. The predicted octanol–water partition coefficient (Wildman–Crippen LogP) is 3.31. The van der Waals surface area contributed by atoms with Gasteiger partial charge in [-0.05, 0) is 34.1 Å². The zero-order valence-electron chi connectivity index (χ0n) is 7.84. The highest BCUT2D eigenvalue weighted by atomic mass is 79.9. The third-order valence-electron chi connectivity index (χ3n) is 1.58. The molecule has 0 heterocycles. The lowest BCUT2D eigenvalue weighted by Crippen LogP contribution is -2.27. The molecule has 1 aromatic rings. The van der Waals surface area contributed by atoms with Gasteiger partial charge in [0.2, 0.25) is 0 Å². The minimum atomic E-state index is -0.149. The molecule has 5 heteroatoms. The van der Waals surface area contributed by atoms with E-state index in [1.165, 1.54) is 4.90 Å². The summed E-state index contributed by atoms with van der Waals surface area (Å²) < 4.78 is 1.78. The SMILES string of the molecule is CN(C)C(=O)Nc1cc(Br)ccc1Br. The Morgan fingerprint density at radius 3 is 2.57 bits per heavy atom. The number of urea groups is 1. The number of halogens is 2. The van der Waals surface area contributed by atoms with Crippen molar-refractivity contribution in [1.29, 1.82) is 0 Å². The fourth-order valence-electron chi connectivity index (χ4n) is 0.820. The van der Waals surface area contributed by atoms with Gasteiger partial charge >= 0.3 is 6.03 Å². The van der Waals surface area contributed by atoms with E-state index in [2.05, 4.69) is 37.2 Å². The number of benzene rings is 1. The molecule has 0 spiro atoms. The van der Waals surface area contributed by atoms with Gasteiger partial charge in [-0.3, -0.25) is 0 Å². The molecule has 1 rings (SSSR count). The highest BCUT2D eigenvalue weighted by molar-refractivity contribution is 9.11. The third kappa shape index (κ3) is 2.99. The van der Waals surface area contributed by atoms with Crippen molar-refractivity contribution in [2.45, 2.75) is 0 Å². The first-order chi connectivity index (χ1) is 6.50. The van der Waals surface area contributed by atoms with Crippen LogP contribution >= 0.6 is 31.9 Å². The molecule has 0 fully saturated rings. The van der Waals surface area contributed by atoms with E-state index < -0.39 is 0 Å². The number of rotatable bonds is 1. The maximum Gasteiger partial charge on any atom is 0.321 e. The molecule has 0 radical (unpaired) electrons. The van der Waals surface area contributed by atoms with Crippen molar-refractivity contribution >= 4 is 43.6 Å². The van der Waals surface area contributed by atoms with Crippen molar-refractivity contribution in [3.8, 4) is 0 Å². The molecule has 1 N–H and O–H groups in total. The lowest BCUT2D eigenvalue weighted by Gasteiger charge is -2.13. The molecule has 0 aliphatic heterocycles. The minimum absolute atomic E-state index is 0.149. The van der Waals surface area contributed by atoms with Crippen LogP contribution in [0.2, 0.25) is 0 Å². The molecule has 0 aliphatic rings. The molecule has 3 nitrogen and oxygen atoms in total. The number of carbonyl (C=O) groups excluding carboxylic acids is 1. The van der Waals surface area contributed by atoms with Crippen LogP contribution in [-0.2, 0) is 0 Å². The highest BCUT2D eigenvalue weighted by Crippen LogP contribution is 2.26. The lowest BCUT2D eigenvalue weighted by atomic mass is 10.3. The molecular formula is C9H10Br2N2O. The van der Waals surface area contributed by atoms with Gasteiger partial charge in [-0.1, -0.05) is 15.9 Å². The van der Waals surface area contributed by atoms with Crippen LogP contribution in [0.4, 0.5) is 10.5 Å². The summed E-state index contributed by atoms with van der Waals surface area (Å²) in [5.41, 5.74) is 0.748. The smallest absolute Gasteiger partial charge is 0.321 e. The molecule has 0 aliphatic carbocycles. The number of carbonyl (C=O) groups is 1. The van der Waals surface area contributed by atoms with Crippen LogP contribution in [0.1, 0.15) is 0 Å². The Hall–Kier alpha value is -0.550. The molecular weight excluding hydrogens is 312 g/mol. The number of hydrogen-bond acceptors (Lipinski definition) is 1. The highest BCUT2D eigenvalue weighted by Gasteiger charge is 2.06. The topological polar surface area (TPSA) is 32.3 Å². The van der Waals surface area contributed by atoms with E-state index in [-0.39, 0.29) is 6.03 Å². The standard InChI is InChI=1S/C9H10Br2N2O/c1-13(2)9(14)12-8-5-6(10)3-4-7(8)11/h3-5H,1-2H3,(H,12,14). The number of nitrogens with zero attached hydrogens (tertiary/aromatic N) is 1. The van der Waals surface area contributed by atoms with Gasteiger partial charge in [-0.2, -0.15) is 0 Å².